The fraction of sp³-hybridized carbons (Fsp3) is 0.364. The van der Waals surface area contributed by atoms with E-state index in [1.807, 2.05) is 0 Å². The molecule has 0 radical (unpaired) electrons. The van der Waals surface area contributed by atoms with Gasteiger partial charge in [0, 0.05) is 11.6 Å². The monoisotopic (exact) mass is 327 g/mol. The number of carboxylic acid groups (broad SMARTS) is 1. The molecule has 120 valence electrons. The molecule has 0 fully saturated rings. The third-order valence-corrected chi connectivity index (χ3v) is 1.89. The highest BCUT2D eigenvalue weighted by Crippen LogP contribution is 2.10. The molecule has 0 bridgehead atoms. The van der Waals surface area contributed by atoms with Crippen molar-refractivity contribution in [3.8, 4) is 0 Å². The first-order valence-corrected chi connectivity index (χ1v) is 7.28. The van der Waals surface area contributed by atoms with Gasteiger partial charge in [-0.3, -0.25) is 9.35 Å². The number of hydrogen-bond acceptors (Lipinski definition) is 5. The van der Waals surface area contributed by atoms with E-state index in [1.54, 1.807) is 0 Å². The summed E-state index contributed by atoms with van der Waals surface area (Å²) in [6, 6.07) is 1.91. The van der Waals surface area contributed by atoms with E-state index in [9.17, 15) is 22.0 Å². The van der Waals surface area contributed by atoms with Gasteiger partial charge in [-0.25, -0.2) is 8.78 Å². The van der Waals surface area contributed by atoms with Crippen molar-refractivity contribution in [2.45, 2.75) is 12.6 Å². The molecule has 0 saturated carbocycles. The van der Waals surface area contributed by atoms with Crippen molar-refractivity contribution in [2.24, 2.45) is 5.73 Å². The maximum atomic E-state index is 13.1. The van der Waals surface area contributed by atoms with Gasteiger partial charge in [-0.2, -0.15) is 8.42 Å². The molecule has 0 saturated heterocycles. The molecule has 0 spiro atoms. The van der Waals surface area contributed by atoms with Crippen LogP contribution in [0.1, 0.15) is 5.56 Å². The molecule has 0 aliphatic carbocycles. The highest BCUT2D eigenvalue weighted by molar-refractivity contribution is 7.85. The van der Waals surface area contributed by atoms with E-state index in [0.717, 1.165) is 12.1 Å². The number of rotatable bonds is 5. The average Bonchev–Trinajstić information content (AvgIpc) is 2.29. The van der Waals surface area contributed by atoms with Crippen LogP contribution in [-0.2, 0) is 26.3 Å². The molecule has 1 atom stereocenters. The molecule has 4 N–H and O–H groups in total. The predicted octanol–water partition coefficient (Wildman–Crippen LogP) is 0.397. The van der Waals surface area contributed by atoms with Crippen LogP contribution >= 0.6 is 0 Å². The quantitative estimate of drug-likeness (QED) is 0.668. The predicted molar refractivity (Wildman–Crippen MR) is 69.1 cm³/mol. The lowest BCUT2D eigenvalue weighted by atomic mass is 10.2. The maximum absolute atomic E-state index is 13.1. The second-order valence-corrected chi connectivity index (χ2v) is 5.39. The summed E-state index contributed by atoms with van der Waals surface area (Å²) in [6.45, 7) is -0.376. The van der Waals surface area contributed by atoms with E-state index in [-0.39, 0.29) is 18.8 Å². The summed E-state index contributed by atoms with van der Waals surface area (Å²) in [5.41, 5.74) is 5.32. The van der Waals surface area contributed by atoms with Crippen molar-refractivity contribution in [1.29, 1.82) is 0 Å². The number of aliphatic carboxylic acids is 1. The first kappa shape index (κ1) is 19.4. The van der Waals surface area contributed by atoms with Crippen LogP contribution < -0.4 is 5.73 Å². The summed E-state index contributed by atoms with van der Waals surface area (Å²) < 4.78 is 56.4. The Balaban J connectivity index is 0.000000690. The van der Waals surface area contributed by atoms with Gasteiger partial charge in [0.2, 0.25) is 0 Å². The normalized spacial score (nSPS) is 12.2. The van der Waals surface area contributed by atoms with Crippen LogP contribution in [0.3, 0.4) is 0 Å². The van der Waals surface area contributed by atoms with Crippen molar-refractivity contribution in [2.75, 3.05) is 12.9 Å². The number of carbonyl (C=O) groups is 1. The zero-order chi connectivity index (χ0) is 16.6. The molecule has 1 unspecified atom stereocenters. The molecule has 10 heteroatoms. The second-order valence-electron chi connectivity index (χ2n) is 3.93. The van der Waals surface area contributed by atoms with E-state index in [2.05, 4.69) is 0 Å². The Morgan fingerprint density at radius 1 is 1.43 bits per heavy atom. The molecule has 0 aliphatic rings. The Bertz CT molecular complexity index is 570. The van der Waals surface area contributed by atoms with E-state index in [0.29, 0.717) is 6.26 Å². The van der Waals surface area contributed by atoms with Crippen LogP contribution in [-0.4, -0.2) is 43.0 Å². The molecule has 0 heterocycles. The summed E-state index contributed by atoms with van der Waals surface area (Å²) in [4.78, 5) is 10.3. The first-order valence-electron chi connectivity index (χ1n) is 5.43. The number of benzene rings is 1. The lowest BCUT2D eigenvalue weighted by Crippen LogP contribution is -2.34. The van der Waals surface area contributed by atoms with Crippen LogP contribution in [0.4, 0.5) is 8.78 Å². The van der Waals surface area contributed by atoms with Crippen molar-refractivity contribution >= 4 is 16.1 Å². The minimum atomic E-state index is -3.67. The molecule has 7 nitrogen and oxygen atoms in total. The molecule has 0 aliphatic heterocycles. The van der Waals surface area contributed by atoms with Gasteiger partial charge in [0.25, 0.3) is 10.1 Å². The van der Waals surface area contributed by atoms with Crippen molar-refractivity contribution in [3.63, 3.8) is 0 Å². The van der Waals surface area contributed by atoms with Crippen LogP contribution in [0.25, 0.3) is 0 Å². The largest absolute Gasteiger partial charge is 0.480 e. The van der Waals surface area contributed by atoms with Gasteiger partial charge in [-0.05, 0) is 6.07 Å². The fourth-order valence-electron chi connectivity index (χ4n) is 1.01. The van der Waals surface area contributed by atoms with Crippen LogP contribution in [0.15, 0.2) is 18.2 Å². The molecular formula is C11H15F2NO6S. The van der Waals surface area contributed by atoms with Gasteiger partial charge in [-0.1, -0.05) is 6.07 Å². The average molecular weight is 327 g/mol. The minimum Gasteiger partial charge on any atom is -0.480 e. The third-order valence-electron chi connectivity index (χ3n) is 1.89. The fourth-order valence-corrected chi connectivity index (χ4v) is 1.01. The van der Waals surface area contributed by atoms with Crippen molar-refractivity contribution in [3.05, 3.63) is 35.4 Å². The number of halogens is 2. The van der Waals surface area contributed by atoms with Crippen LogP contribution in [0.5, 0.6) is 0 Å². The van der Waals surface area contributed by atoms with Gasteiger partial charge < -0.3 is 15.6 Å². The smallest absolute Gasteiger partial charge is 0.322 e. The number of ether oxygens (including phenoxy) is 1. The van der Waals surface area contributed by atoms with Crippen molar-refractivity contribution in [1.82, 2.24) is 0 Å². The zero-order valence-corrected chi connectivity index (χ0v) is 11.8. The lowest BCUT2D eigenvalue weighted by Gasteiger charge is -2.08. The summed E-state index contributed by atoms with van der Waals surface area (Å²) >= 11 is 0. The summed E-state index contributed by atoms with van der Waals surface area (Å²) in [5.74, 6) is -2.60. The van der Waals surface area contributed by atoms with Gasteiger partial charge in [0.05, 0.1) is 19.5 Å². The molecule has 1 aromatic carbocycles. The van der Waals surface area contributed by atoms with E-state index in [1.165, 1.54) is 6.07 Å². The molecular weight excluding hydrogens is 312 g/mol. The standard InChI is InChI=1S/C10H11F2NO3.CH4O3S/c11-7-2-1-6(8(12)3-7)4-16-5-9(13)10(14)15;1-5(2,3)4/h1-3,9H,4-5,13H2,(H,14,15);1H3,(H,2,3,4). The Kier molecular flexibility index (Phi) is 7.95. The van der Waals surface area contributed by atoms with Gasteiger partial charge >= 0.3 is 5.97 Å². The van der Waals surface area contributed by atoms with Crippen LogP contribution in [0, 0.1) is 11.6 Å². The Morgan fingerprint density at radius 3 is 2.38 bits per heavy atom. The van der Waals surface area contributed by atoms with Gasteiger partial charge in [-0.15, -0.1) is 0 Å². The zero-order valence-electron chi connectivity index (χ0n) is 11.0. The number of hydrogen-bond donors (Lipinski definition) is 3. The third kappa shape index (κ3) is 10.8. The first-order chi connectivity index (χ1) is 9.50. The summed E-state index contributed by atoms with van der Waals surface area (Å²) in [7, 11) is -3.67. The topological polar surface area (TPSA) is 127 Å². The van der Waals surface area contributed by atoms with Gasteiger partial charge in [0.15, 0.2) is 0 Å². The minimum absolute atomic E-state index is 0.146. The summed E-state index contributed by atoms with van der Waals surface area (Å²) in [5, 5.41) is 8.44. The summed E-state index contributed by atoms with van der Waals surface area (Å²) in [6.07, 6.45) is 0.715. The molecule has 1 rings (SSSR count). The second kappa shape index (κ2) is 8.62. The molecule has 21 heavy (non-hydrogen) atoms. The van der Waals surface area contributed by atoms with Crippen LogP contribution in [0.2, 0.25) is 0 Å². The van der Waals surface area contributed by atoms with Crippen molar-refractivity contribution < 1.29 is 36.4 Å². The highest BCUT2D eigenvalue weighted by atomic mass is 32.2. The Hall–Kier alpha value is -1.62. The molecule has 0 aromatic heterocycles. The number of carboxylic acids is 1. The molecule has 0 amide bonds. The Labute approximate surface area is 120 Å². The molecule has 1 aromatic rings. The number of nitrogens with two attached hydrogens (primary N) is 1. The maximum Gasteiger partial charge on any atom is 0.322 e. The van der Waals surface area contributed by atoms with E-state index < -0.39 is 33.8 Å². The lowest BCUT2D eigenvalue weighted by molar-refractivity contribution is -0.140. The Morgan fingerprint density at radius 2 is 1.95 bits per heavy atom. The van der Waals surface area contributed by atoms with E-state index >= 15 is 0 Å². The highest BCUT2D eigenvalue weighted by Gasteiger charge is 2.11. The van der Waals surface area contributed by atoms with Gasteiger partial charge in [0.1, 0.15) is 17.7 Å². The van der Waals surface area contributed by atoms with E-state index in [4.69, 9.17) is 20.1 Å². The SMILES string of the molecule is CS(=O)(=O)O.NC(COCc1ccc(F)cc1F)C(=O)O.